The lowest BCUT2D eigenvalue weighted by molar-refractivity contribution is -0.384. The van der Waals surface area contributed by atoms with Crippen LogP contribution in [-0.4, -0.2) is 31.1 Å². The van der Waals surface area contributed by atoms with Gasteiger partial charge in [0.1, 0.15) is 5.69 Å². The smallest absolute Gasteiger partial charge is 0.294 e. The van der Waals surface area contributed by atoms with Crippen LogP contribution in [0.15, 0.2) is 18.2 Å². The van der Waals surface area contributed by atoms with Crippen LogP contribution in [0.4, 0.5) is 11.4 Å². The molecular weight excluding hydrogens is 278 g/mol. The second-order valence-corrected chi connectivity index (χ2v) is 5.51. The predicted octanol–water partition coefficient (Wildman–Crippen LogP) is 3.07. The van der Waals surface area contributed by atoms with Gasteiger partial charge in [0.15, 0.2) is 0 Å². The zero-order valence-corrected chi connectivity index (χ0v) is 12.4. The molecule has 1 aliphatic rings. The van der Waals surface area contributed by atoms with Crippen molar-refractivity contribution in [1.29, 1.82) is 0 Å². The van der Waals surface area contributed by atoms with Gasteiger partial charge >= 0.3 is 0 Å². The quantitative estimate of drug-likeness (QED) is 0.670. The summed E-state index contributed by atoms with van der Waals surface area (Å²) in [5.41, 5.74) is 0.670. The Hall–Kier alpha value is -1.33. The van der Waals surface area contributed by atoms with Gasteiger partial charge in [0.25, 0.3) is 5.69 Å². The Morgan fingerprint density at radius 2 is 2.15 bits per heavy atom. The SMILES string of the molecule is CCNCC1CCN(c2c(Cl)cccc2[N+](=O)[O-])CC1. The maximum Gasteiger partial charge on any atom is 0.294 e. The molecule has 0 unspecified atom stereocenters. The van der Waals surface area contributed by atoms with Gasteiger partial charge in [0, 0.05) is 19.2 Å². The summed E-state index contributed by atoms with van der Waals surface area (Å²) < 4.78 is 0. The van der Waals surface area contributed by atoms with Crippen LogP contribution in [0, 0.1) is 16.0 Å². The fourth-order valence-electron chi connectivity index (χ4n) is 2.67. The largest absolute Gasteiger partial charge is 0.365 e. The lowest BCUT2D eigenvalue weighted by atomic mass is 9.96. The van der Waals surface area contributed by atoms with E-state index in [0.717, 1.165) is 39.0 Å². The van der Waals surface area contributed by atoms with Gasteiger partial charge in [0.2, 0.25) is 0 Å². The van der Waals surface area contributed by atoms with Crippen LogP contribution < -0.4 is 10.2 Å². The van der Waals surface area contributed by atoms with Crippen molar-refractivity contribution in [2.75, 3.05) is 31.1 Å². The first-order chi connectivity index (χ1) is 9.63. The fraction of sp³-hybridized carbons (Fsp3) is 0.571. The Bertz CT molecular complexity index is 473. The van der Waals surface area contributed by atoms with E-state index in [2.05, 4.69) is 12.2 Å². The Morgan fingerprint density at radius 3 is 2.75 bits per heavy atom. The molecule has 0 amide bonds. The Morgan fingerprint density at radius 1 is 1.45 bits per heavy atom. The van der Waals surface area contributed by atoms with Gasteiger partial charge in [-0.3, -0.25) is 10.1 Å². The van der Waals surface area contributed by atoms with E-state index in [1.807, 2.05) is 4.90 Å². The summed E-state index contributed by atoms with van der Waals surface area (Å²) in [5, 5.41) is 15.0. The first-order valence-electron chi connectivity index (χ1n) is 7.02. The summed E-state index contributed by atoms with van der Waals surface area (Å²) in [5.74, 6) is 0.646. The topological polar surface area (TPSA) is 58.4 Å². The molecule has 6 heteroatoms. The number of anilines is 1. The van der Waals surface area contributed by atoms with Crippen molar-refractivity contribution in [3.05, 3.63) is 33.3 Å². The number of para-hydroxylation sites is 1. The van der Waals surface area contributed by atoms with Crippen molar-refractivity contribution in [3.8, 4) is 0 Å². The van der Waals surface area contributed by atoms with E-state index < -0.39 is 0 Å². The number of piperidine rings is 1. The first-order valence-corrected chi connectivity index (χ1v) is 7.39. The van der Waals surface area contributed by atoms with Gasteiger partial charge in [0.05, 0.1) is 9.95 Å². The molecule has 1 fully saturated rings. The lowest BCUT2D eigenvalue weighted by Crippen LogP contribution is -2.37. The summed E-state index contributed by atoms with van der Waals surface area (Å²) >= 11 is 6.17. The average molecular weight is 298 g/mol. The van der Waals surface area contributed by atoms with Crippen molar-refractivity contribution in [2.24, 2.45) is 5.92 Å². The summed E-state index contributed by atoms with van der Waals surface area (Å²) in [6, 6.07) is 4.86. The summed E-state index contributed by atoms with van der Waals surface area (Å²) in [4.78, 5) is 12.8. The van der Waals surface area contributed by atoms with E-state index in [1.165, 1.54) is 6.07 Å². The molecular formula is C14H20ClN3O2. The van der Waals surface area contributed by atoms with Crippen molar-refractivity contribution in [1.82, 2.24) is 5.32 Å². The van der Waals surface area contributed by atoms with E-state index in [0.29, 0.717) is 16.6 Å². The van der Waals surface area contributed by atoms with Gasteiger partial charge in [-0.15, -0.1) is 0 Å². The number of nitrogens with one attached hydrogen (secondary N) is 1. The maximum absolute atomic E-state index is 11.1. The molecule has 1 aliphatic heterocycles. The Kier molecular flexibility index (Phi) is 5.20. The molecule has 0 radical (unpaired) electrons. The number of rotatable bonds is 5. The molecule has 0 bridgehead atoms. The van der Waals surface area contributed by atoms with Gasteiger partial charge in [-0.1, -0.05) is 24.6 Å². The van der Waals surface area contributed by atoms with E-state index >= 15 is 0 Å². The standard InChI is InChI=1S/C14H20ClN3O2/c1-2-16-10-11-6-8-17(9-7-11)14-12(15)4-3-5-13(14)18(19)20/h3-5,11,16H,2,6-10H2,1H3. The highest BCUT2D eigenvalue weighted by Crippen LogP contribution is 2.37. The molecule has 1 N–H and O–H groups in total. The minimum absolute atomic E-state index is 0.0997. The van der Waals surface area contributed by atoms with E-state index in [-0.39, 0.29) is 10.6 Å². The number of nitro groups is 1. The second kappa shape index (κ2) is 6.90. The normalized spacial score (nSPS) is 16.4. The molecule has 0 aliphatic carbocycles. The highest BCUT2D eigenvalue weighted by Gasteiger charge is 2.26. The highest BCUT2D eigenvalue weighted by molar-refractivity contribution is 6.33. The third-order valence-electron chi connectivity index (χ3n) is 3.78. The average Bonchev–Trinajstić information content (AvgIpc) is 2.45. The molecule has 1 heterocycles. The van der Waals surface area contributed by atoms with Crippen LogP contribution in [0.3, 0.4) is 0 Å². The van der Waals surface area contributed by atoms with Crippen LogP contribution in [0.2, 0.25) is 5.02 Å². The van der Waals surface area contributed by atoms with Crippen molar-refractivity contribution >= 4 is 23.0 Å². The van der Waals surface area contributed by atoms with Gasteiger partial charge in [-0.05, 0) is 37.9 Å². The van der Waals surface area contributed by atoms with Gasteiger partial charge < -0.3 is 10.2 Å². The Labute approximate surface area is 124 Å². The third kappa shape index (κ3) is 3.41. The molecule has 110 valence electrons. The van der Waals surface area contributed by atoms with E-state index in [1.54, 1.807) is 12.1 Å². The molecule has 0 saturated carbocycles. The predicted molar refractivity (Wildman–Crippen MR) is 81.6 cm³/mol. The Balaban J connectivity index is 2.09. The molecule has 2 rings (SSSR count). The number of hydrogen-bond donors (Lipinski definition) is 1. The minimum Gasteiger partial charge on any atom is -0.365 e. The second-order valence-electron chi connectivity index (χ2n) is 5.10. The molecule has 1 saturated heterocycles. The van der Waals surface area contributed by atoms with Crippen LogP contribution in [0.1, 0.15) is 19.8 Å². The summed E-state index contributed by atoms with van der Waals surface area (Å²) in [7, 11) is 0. The van der Waals surface area contributed by atoms with Crippen molar-refractivity contribution < 1.29 is 4.92 Å². The van der Waals surface area contributed by atoms with Crippen molar-refractivity contribution in [2.45, 2.75) is 19.8 Å². The molecule has 1 aromatic carbocycles. The fourth-order valence-corrected chi connectivity index (χ4v) is 2.96. The van der Waals surface area contributed by atoms with Gasteiger partial charge in [-0.25, -0.2) is 0 Å². The zero-order valence-electron chi connectivity index (χ0n) is 11.6. The highest BCUT2D eigenvalue weighted by atomic mass is 35.5. The molecule has 0 atom stereocenters. The molecule has 20 heavy (non-hydrogen) atoms. The minimum atomic E-state index is -0.355. The number of nitrogens with zero attached hydrogens (tertiary/aromatic N) is 2. The van der Waals surface area contributed by atoms with E-state index in [9.17, 15) is 10.1 Å². The molecule has 1 aromatic rings. The van der Waals surface area contributed by atoms with Crippen LogP contribution >= 0.6 is 11.6 Å². The van der Waals surface area contributed by atoms with Crippen LogP contribution in [0.5, 0.6) is 0 Å². The number of halogens is 1. The van der Waals surface area contributed by atoms with Crippen molar-refractivity contribution in [3.63, 3.8) is 0 Å². The summed E-state index contributed by atoms with van der Waals surface area (Å²) in [6.07, 6.45) is 2.07. The number of hydrogen-bond acceptors (Lipinski definition) is 4. The van der Waals surface area contributed by atoms with E-state index in [4.69, 9.17) is 11.6 Å². The maximum atomic E-state index is 11.1. The first kappa shape index (κ1) is 15.1. The van der Waals surface area contributed by atoms with Crippen LogP contribution in [-0.2, 0) is 0 Å². The number of nitro benzene ring substituents is 1. The molecule has 5 nitrogen and oxygen atoms in total. The third-order valence-corrected chi connectivity index (χ3v) is 4.08. The lowest BCUT2D eigenvalue weighted by Gasteiger charge is -2.33. The monoisotopic (exact) mass is 297 g/mol. The number of benzene rings is 1. The van der Waals surface area contributed by atoms with Crippen LogP contribution in [0.25, 0.3) is 0 Å². The molecule has 0 aromatic heterocycles. The zero-order chi connectivity index (χ0) is 14.5. The molecule has 0 spiro atoms. The van der Waals surface area contributed by atoms with Gasteiger partial charge in [-0.2, -0.15) is 0 Å². The summed E-state index contributed by atoms with van der Waals surface area (Å²) in [6.45, 7) is 5.74.